The van der Waals surface area contributed by atoms with E-state index in [9.17, 15) is 9.59 Å². The first-order chi connectivity index (χ1) is 7.44. The highest BCUT2D eigenvalue weighted by atomic mass is 16.4. The van der Waals surface area contributed by atoms with Crippen molar-refractivity contribution in [2.75, 3.05) is 0 Å². The number of carbonyl (C=O) groups excluding carboxylic acids is 1. The van der Waals surface area contributed by atoms with Crippen LogP contribution in [0.15, 0.2) is 0 Å². The van der Waals surface area contributed by atoms with Gasteiger partial charge in [-0.2, -0.15) is 0 Å². The highest BCUT2D eigenvalue weighted by Crippen LogP contribution is 2.58. The van der Waals surface area contributed by atoms with E-state index < -0.39 is 11.9 Å². The van der Waals surface area contributed by atoms with E-state index in [0.29, 0.717) is 0 Å². The van der Waals surface area contributed by atoms with E-state index >= 15 is 0 Å². The fourth-order valence-electron chi connectivity index (χ4n) is 2.95. The molecule has 1 amide bonds. The van der Waals surface area contributed by atoms with Gasteiger partial charge in [-0.25, -0.2) is 0 Å². The molecule has 2 aliphatic carbocycles. The number of carboxylic acids is 1. The number of nitrogens with one attached hydrogen (secondary N) is 1. The third kappa shape index (κ3) is 1.81. The van der Waals surface area contributed by atoms with E-state index in [1.807, 2.05) is 13.8 Å². The van der Waals surface area contributed by atoms with E-state index in [4.69, 9.17) is 5.11 Å². The molecule has 0 saturated heterocycles. The second-order valence-electron chi connectivity index (χ2n) is 5.60. The molecular formula is C12H19NO3. The minimum atomic E-state index is -0.850. The summed E-state index contributed by atoms with van der Waals surface area (Å²) in [7, 11) is 0. The van der Waals surface area contributed by atoms with Crippen molar-refractivity contribution in [1.29, 1.82) is 0 Å². The van der Waals surface area contributed by atoms with Crippen LogP contribution in [0.25, 0.3) is 0 Å². The van der Waals surface area contributed by atoms with Gasteiger partial charge >= 0.3 is 5.97 Å². The molecule has 0 aromatic rings. The van der Waals surface area contributed by atoms with Gasteiger partial charge in [-0.3, -0.25) is 9.59 Å². The Morgan fingerprint density at radius 3 is 2.19 bits per heavy atom. The summed E-state index contributed by atoms with van der Waals surface area (Å²) in [4.78, 5) is 22.9. The molecule has 2 aliphatic rings. The highest BCUT2D eigenvalue weighted by Gasteiger charge is 2.65. The monoisotopic (exact) mass is 225 g/mol. The number of carbonyl (C=O) groups is 2. The second kappa shape index (κ2) is 3.75. The van der Waals surface area contributed by atoms with Gasteiger partial charge in [0.2, 0.25) is 5.91 Å². The van der Waals surface area contributed by atoms with Crippen LogP contribution in [0.5, 0.6) is 0 Å². The molecule has 0 unspecified atom stereocenters. The van der Waals surface area contributed by atoms with Gasteiger partial charge in [0, 0.05) is 6.04 Å². The molecule has 2 fully saturated rings. The van der Waals surface area contributed by atoms with Crippen molar-refractivity contribution in [2.24, 2.45) is 17.3 Å². The Morgan fingerprint density at radius 1 is 1.19 bits per heavy atom. The lowest BCUT2D eigenvalue weighted by Crippen LogP contribution is -2.35. The SMILES string of the molecule is CC1(C)[C@H](C(=O)O)[C@@H]1C(=O)NC1CCCC1. The molecule has 2 atom stereocenters. The molecule has 0 aromatic carbocycles. The van der Waals surface area contributed by atoms with Crippen molar-refractivity contribution in [3.63, 3.8) is 0 Å². The van der Waals surface area contributed by atoms with Crippen molar-refractivity contribution in [3.05, 3.63) is 0 Å². The summed E-state index contributed by atoms with van der Waals surface area (Å²) in [6, 6.07) is 0.276. The molecule has 90 valence electrons. The zero-order valence-electron chi connectivity index (χ0n) is 9.82. The van der Waals surface area contributed by atoms with Gasteiger partial charge in [-0.1, -0.05) is 26.7 Å². The first-order valence-corrected chi connectivity index (χ1v) is 5.98. The second-order valence-corrected chi connectivity index (χ2v) is 5.60. The summed E-state index contributed by atoms with van der Waals surface area (Å²) in [5.74, 6) is -1.76. The Labute approximate surface area is 95.4 Å². The Bertz CT molecular complexity index is 318. The summed E-state index contributed by atoms with van der Waals surface area (Å²) in [5, 5.41) is 12.0. The Kier molecular flexibility index (Phi) is 2.68. The van der Waals surface area contributed by atoms with Crippen LogP contribution < -0.4 is 5.32 Å². The smallest absolute Gasteiger partial charge is 0.307 e. The van der Waals surface area contributed by atoms with Gasteiger partial charge in [-0.15, -0.1) is 0 Å². The van der Waals surface area contributed by atoms with Gasteiger partial charge in [0.15, 0.2) is 0 Å². The topological polar surface area (TPSA) is 66.4 Å². The molecular weight excluding hydrogens is 206 g/mol. The molecule has 4 nitrogen and oxygen atoms in total. The molecule has 0 heterocycles. The molecule has 0 spiro atoms. The van der Waals surface area contributed by atoms with Crippen molar-refractivity contribution >= 4 is 11.9 Å². The van der Waals surface area contributed by atoms with Crippen LogP contribution in [-0.4, -0.2) is 23.0 Å². The number of rotatable bonds is 3. The summed E-state index contributed by atoms with van der Waals surface area (Å²) in [6.45, 7) is 3.70. The molecule has 0 aliphatic heterocycles. The maximum Gasteiger partial charge on any atom is 0.307 e. The van der Waals surface area contributed by atoms with Crippen LogP contribution >= 0.6 is 0 Å². The molecule has 0 bridgehead atoms. The lowest BCUT2D eigenvalue weighted by molar-refractivity contribution is -0.140. The van der Waals surface area contributed by atoms with E-state index in [1.165, 1.54) is 12.8 Å². The molecule has 2 saturated carbocycles. The quantitative estimate of drug-likeness (QED) is 0.763. The number of hydrogen-bond donors (Lipinski definition) is 2. The first-order valence-electron chi connectivity index (χ1n) is 5.98. The van der Waals surface area contributed by atoms with Crippen molar-refractivity contribution in [1.82, 2.24) is 5.32 Å². The molecule has 16 heavy (non-hydrogen) atoms. The maximum absolute atomic E-state index is 11.9. The third-order valence-electron chi connectivity index (χ3n) is 4.08. The van der Waals surface area contributed by atoms with E-state index in [-0.39, 0.29) is 23.3 Å². The number of hydrogen-bond acceptors (Lipinski definition) is 2. The lowest BCUT2D eigenvalue weighted by Gasteiger charge is -2.12. The number of aliphatic carboxylic acids is 1. The Hall–Kier alpha value is -1.06. The van der Waals surface area contributed by atoms with Gasteiger partial charge in [0.05, 0.1) is 11.8 Å². The van der Waals surface area contributed by atoms with Gasteiger partial charge in [0.25, 0.3) is 0 Å². The summed E-state index contributed by atoms with van der Waals surface area (Å²) >= 11 is 0. The zero-order chi connectivity index (χ0) is 11.9. The normalized spacial score (nSPS) is 32.4. The third-order valence-corrected chi connectivity index (χ3v) is 4.08. The van der Waals surface area contributed by atoms with Crippen LogP contribution in [-0.2, 0) is 9.59 Å². The van der Waals surface area contributed by atoms with Gasteiger partial charge in [0.1, 0.15) is 0 Å². The average molecular weight is 225 g/mol. The fourth-order valence-corrected chi connectivity index (χ4v) is 2.95. The Balaban J connectivity index is 1.93. The van der Waals surface area contributed by atoms with E-state index in [1.54, 1.807) is 0 Å². The number of carboxylic acid groups (broad SMARTS) is 1. The molecule has 4 heteroatoms. The van der Waals surface area contributed by atoms with Crippen LogP contribution in [0.1, 0.15) is 39.5 Å². The summed E-state index contributed by atoms with van der Waals surface area (Å²) < 4.78 is 0. The van der Waals surface area contributed by atoms with Gasteiger partial charge in [-0.05, 0) is 18.3 Å². The zero-order valence-corrected chi connectivity index (χ0v) is 9.82. The summed E-state index contributed by atoms with van der Waals surface area (Å²) in [6.07, 6.45) is 4.41. The van der Waals surface area contributed by atoms with Gasteiger partial charge < -0.3 is 10.4 Å². The minimum absolute atomic E-state index is 0.0655. The predicted molar refractivity (Wildman–Crippen MR) is 58.8 cm³/mol. The molecule has 0 radical (unpaired) electrons. The lowest BCUT2D eigenvalue weighted by atomic mass is 10.1. The van der Waals surface area contributed by atoms with E-state index in [2.05, 4.69) is 5.32 Å². The van der Waals surface area contributed by atoms with Crippen molar-refractivity contribution in [3.8, 4) is 0 Å². The highest BCUT2D eigenvalue weighted by molar-refractivity contribution is 5.91. The Morgan fingerprint density at radius 2 is 1.75 bits per heavy atom. The molecule has 2 N–H and O–H groups in total. The van der Waals surface area contributed by atoms with Crippen LogP contribution in [0, 0.1) is 17.3 Å². The maximum atomic E-state index is 11.9. The standard InChI is InChI=1S/C12H19NO3/c1-12(2)8(9(12)11(15)16)10(14)13-7-5-3-4-6-7/h7-9H,3-6H2,1-2H3,(H,13,14)(H,15,16)/t8-,9+/m1/s1. The minimum Gasteiger partial charge on any atom is -0.481 e. The largest absolute Gasteiger partial charge is 0.481 e. The molecule has 2 rings (SSSR count). The molecule has 0 aromatic heterocycles. The van der Waals surface area contributed by atoms with E-state index in [0.717, 1.165) is 12.8 Å². The van der Waals surface area contributed by atoms with Crippen LogP contribution in [0.3, 0.4) is 0 Å². The van der Waals surface area contributed by atoms with Crippen molar-refractivity contribution in [2.45, 2.75) is 45.6 Å². The van der Waals surface area contributed by atoms with Crippen LogP contribution in [0.2, 0.25) is 0 Å². The average Bonchev–Trinajstić information content (AvgIpc) is 2.58. The predicted octanol–water partition coefficient (Wildman–Crippen LogP) is 1.40. The fraction of sp³-hybridized carbons (Fsp3) is 0.833. The van der Waals surface area contributed by atoms with Crippen molar-refractivity contribution < 1.29 is 14.7 Å². The summed E-state index contributed by atoms with van der Waals surface area (Å²) in [5.41, 5.74) is -0.380. The first kappa shape index (κ1) is 11.4. The number of amides is 1. The van der Waals surface area contributed by atoms with Crippen LogP contribution in [0.4, 0.5) is 0 Å².